The molecule has 138 valence electrons. The highest BCUT2D eigenvalue weighted by Crippen LogP contribution is 2.22. The molecule has 0 unspecified atom stereocenters. The van der Waals surface area contributed by atoms with E-state index in [1.165, 1.54) is 23.5 Å². The number of nitro groups is 1. The Balaban J connectivity index is 1.56. The van der Waals surface area contributed by atoms with Crippen LogP contribution in [0.4, 0.5) is 11.4 Å². The van der Waals surface area contributed by atoms with Crippen LogP contribution in [-0.2, 0) is 6.61 Å². The van der Waals surface area contributed by atoms with Crippen molar-refractivity contribution in [1.29, 1.82) is 0 Å². The number of hydrogen-bond donors (Lipinski definition) is 1. The van der Waals surface area contributed by atoms with Gasteiger partial charge in [0.15, 0.2) is 0 Å². The average Bonchev–Trinajstić information content (AvgIpc) is 3.16. The van der Waals surface area contributed by atoms with Crippen molar-refractivity contribution in [2.45, 2.75) is 6.61 Å². The second-order valence-electron chi connectivity index (χ2n) is 5.54. The van der Waals surface area contributed by atoms with Crippen molar-refractivity contribution in [2.24, 2.45) is 0 Å². The van der Waals surface area contributed by atoms with Crippen molar-refractivity contribution < 1.29 is 19.2 Å². The Hall–Kier alpha value is -3.39. The number of nitro benzene ring substituents is 1. The summed E-state index contributed by atoms with van der Waals surface area (Å²) < 4.78 is 10.7. The number of ether oxygens (including phenoxy) is 2. The fourth-order valence-electron chi connectivity index (χ4n) is 2.27. The van der Waals surface area contributed by atoms with Crippen molar-refractivity contribution in [2.75, 3.05) is 12.4 Å². The van der Waals surface area contributed by atoms with Crippen LogP contribution in [-0.4, -0.2) is 17.9 Å². The summed E-state index contributed by atoms with van der Waals surface area (Å²) in [6, 6.07) is 14.7. The first-order valence-electron chi connectivity index (χ1n) is 7.95. The van der Waals surface area contributed by atoms with E-state index in [4.69, 9.17) is 9.47 Å². The lowest BCUT2D eigenvalue weighted by Gasteiger charge is -2.05. The van der Waals surface area contributed by atoms with Crippen molar-refractivity contribution in [3.8, 4) is 11.5 Å². The molecule has 0 aliphatic rings. The molecular formula is C19H16N2O5S. The number of methoxy groups -OCH3 is 1. The zero-order chi connectivity index (χ0) is 19.2. The second-order valence-corrected chi connectivity index (χ2v) is 6.45. The lowest BCUT2D eigenvalue weighted by molar-refractivity contribution is -0.384. The number of anilines is 1. The Bertz CT molecular complexity index is 935. The SMILES string of the molecule is COc1ccc(NC(=O)c2cc(COc3ccc([N+](=O)[O-])cc3)cs2)cc1. The number of carbonyl (C=O) groups is 1. The number of rotatable bonds is 7. The summed E-state index contributed by atoms with van der Waals surface area (Å²) in [5, 5.41) is 15.3. The fraction of sp³-hybridized carbons (Fsp3) is 0.105. The van der Waals surface area contributed by atoms with E-state index in [0.29, 0.717) is 16.3 Å². The summed E-state index contributed by atoms with van der Waals surface area (Å²) in [4.78, 5) is 23.1. The van der Waals surface area contributed by atoms with E-state index in [9.17, 15) is 14.9 Å². The Labute approximate surface area is 159 Å². The van der Waals surface area contributed by atoms with E-state index < -0.39 is 4.92 Å². The molecule has 1 aromatic heterocycles. The number of hydrogen-bond acceptors (Lipinski definition) is 6. The topological polar surface area (TPSA) is 90.7 Å². The van der Waals surface area contributed by atoms with E-state index in [0.717, 1.165) is 11.3 Å². The van der Waals surface area contributed by atoms with Gasteiger partial charge in [0, 0.05) is 23.4 Å². The highest BCUT2D eigenvalue weighted by molar-refractivity contribution is 7.12. The molecule has 3 aromatic rings. The minimum atomic E-state index is -0.462. The maximum Gasteiger partial charge on any atom is 0.269 e. The van der Waals surface area contributed by atoms with Crippen molar-refractivity contribution >= 4 is 28.6 Å². The molecule has 1 N–H and O–H groups in total. The van der Waals surface area contributed by atoms with E-state index in [2.05, 4.69) is 5.32 Å². The van der Waals surface area contributed by atoms with Gasteiger partial charge in [-0.25, -0.2) is 0 Å². The zero-order valence-corrected chi connectivity index (χ0v) is 15.2. The van der Waals surface area contributed by atoms with E-state index >= 15 is 0 Å². The highest BCUT2D eigenvalue weighted by Gasteiger charge is 2.11. The lowest BCUT2D eigenvalue weighted by Crippen LogP contribution is -2.10. The minimum Gasteiger partial charge on any atom is -0.497 e. The maximum absolute atomic E-state index is 12.3. The standard InChI is InChI=1S/C19H16N2O5S/c1-25-16-6-2-14(3-7-16)20-19(22)18-10-13(12-27-18)11-26-17-8-4-15(5-9-17)21(23)24/h2-10,12H,11H2,1H3,(H,20,22). The third-order valence-electron chi connectivity index (χ3n) is 3.68. The number of benzene rings is 2. The summed E-state index contributed by atoms with van der Waals surface area (Å²) in [6.45, 7) is 0.268. The molecule has 0 aliphatic carbocycles. The first kappa shape index (κ1) is 18.4. The predicted octanol–water partition coefficient (Wildman–Crippen LogP) is 4.50. The van der Waals surface area contributed by atoms with Gasteiger partial charge < -0.3 is 14.8 Å². The highest BCUT2D eigenvalue weighted by atomic mass is 32.1. The number of nitrogens with zero attached hydrogens (tertiary/aromatic N) is 1. The summed E-state index contributed by atoms with van der Waals surface area (Å²) in [7, 11) is 1.58. The molecule has 0 aliphatic heterocycles. The van der Waals surface area contributed by atoms with Crippen LogP contribution >= 0.6 is 11.3 Å². The van der Waals surface area contributed by atoms with Gasteiger partial charge in [-0.15, -0.1) is 11.3 Å². The molecule has 7 nitrogen and oxygen atoms in total. The largest absolute Gasteiger partial charge is 0.497 e. The Kier molecular flexibility index (Phi) is 5.68. The molecule has 2 aromatic carbocycles. The monoisotopic (exact) mass is 384 g/mol. The predicted molar refractivity (Wildman–Crippen MR) is 103 cm³/mol. The van der Waals surface area contributed by atoms with Crippen molar-refractivity contribution in [3.63, 3.8) is 0 Å². The Morgan fingerprint density at radius 2 is 1.78 bits per heavy atom. The molecule has 3 rings (SSSR count). The molecule has 27 heavy (non-hydrogen) atoms. The molecule has 0 atom stereocenters. The van der Waals surface area contributed by atoms with Crippen LogP contribution in [0.25, 0.3) is 0 Å². The van der Waals surface area contributed by atoms with Gasteiger partial charge in [-0.3, -0.25) is 14.9 Å². The number of thiophene rings is 1. The van der Waals surface area contributed by atoms with Gasteiger partial charge in [-0.05, 0) is 47.8 Å². The van der Waals surface area contributed by atoms with Gasteiger partial charge in [0.2, 0.25) is 0 Å². The van der Waals surface area contributed by atoms with Gasteiger partial charge in [0.1, 0.15) is 18.1 Å². The number of carbonyl (C=O) groups excluding carboxylic acids is 1. The molecule has 0 radical (unpaired) electrons. The quantitative estimate of drug-likeness (QED) is 0.478. The van der Waals surface area contributed by atoms with Crippen LogP contribution in [0.15, 0.2) is 60.0 Å². The van der Waals surface area contributed by atoms with Gasteiger partial charge in [-0.2, -0.15) is 0 Å². The minimum absolute atomic E-state index is 0.00960. The Morgan fingerprint density at radius 3 is 2.41 bits per heavy atom. The van der Waals surface area contributed by atoms with Crippen LogP contribution < -0.4 is 14.8 Å². The van der Waals surface area contributed by atoms with E-state index in [-0.39, 0.29) is 18.2 Å². The first-order valence-corrected chi connectivity index (χ1v) is 8.83. The van der Waals surface area contributed by atoms with E-state index in [1.54, 1.807) is 49.6 Å². The molecule has 0 saturated heterocycles. The summed E-state index contributed by atoms with van der Waals surface area (Å²) in [6.07, 6.45) is 0. The van der Waals surface area contributed by atoms with Crippen LogP contribution in [0.5, 0.6) is 11.5 Å². The number of non-ortho nitro benzene ring substituents is 1. The third-order valence-corrected chi connectivity index (χ3v) is 4.66. The van der Waals surface area contributed by atoms with Crippen LogP contribution in [0.2, 0.25) is 0 Å². The third kappa shape index (κ3) is 4.83. The number of amides is 1. The Morgan fingerprint density at radius 1 is 1.11 bits per heavy atom. The van der Waals surface area contributed by atoms with Gasteiger partial charge in [0.05, 0.1) is 16.9 Å². The van der Waals surface area contributed by atoms with Gasteiger partial charge >= 0.3 is 0 Å². The van der Waals surface area contributed by atoms with E-state index in [1.807, 2.05) is 5.38 Å². The summed E-state index contributed by atoms with van der Waals surface area (Å²) in [5.74, 6) is 1.04. The normalized spacial score (nSPS) is 10.3. The first-order chi connectivity index (χ1) is 13.0. The van der Waals surface area contributed by atoms with Crippen LogP contribution in [0.1, 0.15) is 15.2 Å². The van der Waals surface area contributed by atoms with Crippen LogP contribution in [0.3, 0.4) is 0 Å². The van der Waals surface area contributed by atoms with Crippen molar-refractivity contribution in [1.82, 2.24) is 0 Å². The smallest absolute Gasteiger partial charge is 0.269 e. The molecule has 0 fully saturated rings. The molecule has 1 amide bonds. The molecule has 8 heteroatoms. The lowest BCUT2D eigenvalue weighted by atomic mass is 10.2. The maximum atomic E-state index is 12.3. The van der Waals surface area contributed by atoms with Crippen molar-refractivity contribution in [3.05, 3.63) is 80.5 Å². The average molecular weight is 384 g/mol. The molecule has 0 bridgehead atoms. The summed E-state index contributed by atoms with van der Waals surface area (Å²) >= 11 is 1.32. The molecule has 0 spiro atoms. The molecule has 0 saturated carbocycles. The molecule has 1 heterocycles. The number of nitrogens with one attached hydrogen (secondary N) is 1. The zero-order valence-electron chi connectivity index (χ0n) is 14.4. The summed E-state index contributed by atoms with van der Waals surface area (Å²) in [5.41, 5.74) is 1.53. The second kappa shape index (κ2) is 8.33. The van der Waals surface area contributed by atoms with Gasteiger partial charge in [0.25, 0.3) is 11.6 Å². The fourth-order valence-corrected chi connectivity index (χ4v) is 3.06. The molecular weight excluding hydrogens is 368 g/mol. The van der Waals surface area contributed by atoms with Gasteiger partial charge in [-0.1, -0.05) is 0 Å². The van der Waals surface area contributed by atoms with Crippen LogP contribution in [0, 0.1) is 10.1 Å².